The molecule has 1 aliphatic rings. The van der Waals surface area contributed by atoms with E-state index in [1.54, 1.807) is 7.11 Å². The second-order valence-electron chi connectivity index (χ2n) is 4.90. The fourth-order valence-electron chi connectivity index (χ4n) is 2.40. The first kappa shape index (κ1) is 13.2. The summed E-state index contributed by atoms with van der Waals surface area (Å²) in [7, 11) is 3.86. The number of methoxy groups -OCH3 is 1. The van der Waals surface area contributed by atoms with E-state index in [4.69, 9.17) is 10.5 Å². The molecule has 4 heteroatoms. The first-order chi connectivity index (χ1) is 8.72. The first-order valence-corrected chi connectivity index (χ1v) is 6.52. The average molecular weight is 249 g/mol. The van der Waals surface area contributed by atoms with Gasteiger partial charge in [0.15, 0.2) is 0 Å². The van der Waals surface area contributed by atoms with Gasteiger partial charge < -0.3 is 20.3 Å². The summed E-state index contributed by atoms with van der Waals surface area (Å²) in [6.45, 7) is 3.72. The number of nitrogens with zero attached hydrogens (tertiary/aromatic N) is 2. The summed E-state index contributed by atoms with van der Waals surface area (Å²) in [4.78, 5) is 4.68. The van der Waals surface area contributed by atoms with Gasteiger partial charge in [-0.1, -0.05) is 12.1 Å². The van der Waals surface area contributed by atoms with Crippen LogP contribution >= 0.6 is 0 Å². The first-order valence-electron chi connectivity index (χ1n) is 6.52. The molecular formula is C14H23N3O. The van der Waals surface area contributed by atoms with Crippen molar-refractivity contribution in [1.82, 2.24) is 0 Å². The maximum absolute atomic E-state index is 6.15. The molecule has 1 atom stereocenters. The minimum absolute atomic E-state index is 0.168. The van der Waals surface area contributed by atoms with Crippen LogP contribution < -0.4 is 15.5 Å². The van der Waals surface area contributed by atoms with Crippen LogP contribution in [0.4, 0.5) is 11.4 Å². The SMILES string of the molecule is COCCC(N)CN1CCN(C)c2ccccc21. The van der Waals surface area contributed by atoms with E-state index in [1.807, 2.05) is 0 Å². The van der Waals surface area contributed by atoms with Crippen LogP contribution in [0.3, 0.4) is 0 Å². The summed E-state index contributed by atoms with van der Waals surface area (Å²) >= 11 is 0. The third-order valence-electron chi connectivity index (χ3n) is 3.49. The highest BCUT2D eigenvalue weighted by Crippen LogP contribution is 2.31. The third kappa shape index (κ3) is 2.94. The van der Waals surface area contributed by atoms with Crippen LogP contribution in [0.1, 0.15) is 6.42 Å². The molecule has 0 saturated heterocycles. The van der Waals surface area contributed by atoms with Crippen LogP contribution in [-0.2, 0) is 4.74 Å². The molecule has 0 bridgehead atoms. The van der Waals surface area contributed by atoms with Gasteiger partial charge in [0.2, 0.25) is 0 Å². The quantitative estimate of drug-likeness (QED) is 0.854. The Balaban J connectivity index is 2.04. The van der Waals surface area contributed by atoms with Crippen molar-refractivity contribution in [3.63, 3.8) is 0 Å². The van der Waals surface area contributed by atoms with Crippen molar-refractivity contribution in [3.05, 3.63) is 24.3 Å². The van der Waals surface area contributed by atoms with Gasteiger partial charge in [-0.15, -0.1) is 0 Å². The topological polar surface area (TPSA) is 41.7 Å². The lowest BCUT2D eigenvalue weighted by Crippen LogP contribution is -2.45. The highest BCUT2D eigenvalue weighted by Gasteiger charge is 2.20. The predicted octanol–water partition coefficient (Wildman–Crippen LogP) is 1.31. The largest absolute Gasteiger partial charge is 0.385 e. The fraction of sp³-hybridized carbons (Fsp3) is 0.571. The lowest BCUT2D eigenvalue weighted by atomic mass is 10.1. The third-order valence-corrected chi connectivity index (χ3v) is 3.49. The number of nitrogens with two attached hydrogens (primary N) is 1. The minimum atomic E-state index is 0.168. The number of hydrogen-bond acceptors (Lipinski definition) is 4. The highest BCUT2D eigenvalue weighted by molar-refractivity contribution is 5.73. The van der Waals surface area contributed by atoms with Crippen LogP contribution in [0.2, 0.25) is 0 Å². The van der Waals surface area contributed by atoms with E-state index in [-0.39, 0.29) is 6.04 Å². The van der Waals surface area contributed by atoms with Crippen LogP contribution in [0, 0.1) is 0 Å². The van der Waals surface area contributed by atoms with Crippen LogP contribution in [0.25, 0.3) is 0 Å². The molecule has 4 nitrogen and oxygen atoms in total. The normalized spacial score (nSPS) is 16.6. The molecule has 1 aromatic rings. The van der Waals surface area contributed by atoms with Crippen molar-refractivity contribution < 1.29 is 4.74 Å². The van der Waals surface area contributed by atoms with E-state index < -0.39 is 0 Å². The Hall–Kier alpha value is -1.26. The lowest BCUT2D eigenvalue weighted by molar-refractivity contribution is 0.188. The molecule has 0 amide bonds. The zero-order chi connectivity index (χ0) is 13.0. The van der Waals surface area contributed by atoms with E-state index in [1.165, 1.54) is 11.4 Å². The second kappa shape index (κ2) is 6.07. The van der Waals surface area contributed by atoms with Gasteiger partial charge in [-0.25, -0.2) is 0 Å². The Kier molecular flexibility index (Phi) is 4.44. The van der Waals surface area contributed by atoms with E-state index >= 15 is 0 Å². The van der Waals surface area contributed by atoms with Gasteiger partial charge in [0.25, 0.3) is 0 Å². The number of ether oxygens (including phenoxy) is 1. The average Bonchev–Trinajstić information content (AvgIpc) is 2.40. The molecule has 2 rings (SSSR count). The predicted molar refractivity (Wildman–Crippen MR) is 76.4 cm³/mol. The summed E-state index contributed by atoms with van der Waals surface area (Å²) in [6, 6.07) is 8.69. The van der Waals surface area contributed by atoms with Gasteiger partial charge in [0, 0.05) is 46.4 Å². The minimum Gasteiger partial charge on any atom is -0.385 e. The summed E-state index contributed by atoms with van der Waals surface area (Å²) < 4.78 is 5.08. The van der Waals surface area contributed by atoms with Gasteiger partial charge in [-0.2, -0.15) is 0 Å². The molecule has 0 spiro atoms. The molecule has 1 unspecified atom stereocenters. The monoisotopic (exact) mass is 249 g/mol. The van der Waals surface area contributed by atoms with Crippen molar-refractivity contribution in [1.29, 1.82) is 0 Å². The van der Waals surface area contributed by atoms with Crippen LogP contribution in [0.5, 0.6) is 0 Å². The van der Waals surface area contributed by atoms with Gasteiger partial charge in [0.1, 0.15) is 0 Å². The summed E-state index contributed by atoms with van der Waals surface area (Å²) in [6.07, 6.45) is 0.908. The van der Waals surface area contributed by atoms with E-state index in [0.29, 0.717) is 0 Å². The number of fused-ring (bicyclic) bond motifs is 1. The van der Waals surface area contributed by atoms with Crippen molar-refractivity contribution in [3.8, 4) is 0 Å². The second-order valence-corrected chi connectivity index (χ2v) is 4.90. The zero-order valence-electron chi connectivity index (χ0n) is 11.3. The highest BCUT2D eigenvalue weighted by atomic mass is 16.5. The summed E-state index contributed by atoms with van der Waals surface area (Å²) in [5.74, 6) is 0. The Morgan fingerprint density at radius 2 is 2.00 bits per heavy atom. The molecule has 2 N–H and O–H groups in total. The van der Waals surface area contributed by atoms with Gasteiger partial charge in [0.05, 0.1) is 11.4 Å². The van der Waals surface area contributed by atoms with Crippen molar-refractivity contribution >= 4 is 11.4 Å². The molecule has 0 saturated carbocycles. The molecule has 100 valence electrons. The molecule has 1 aliphatic heterocycles. The van der Waals surface area contributed by atoms with Gasteiger partial charge in [-0.3, -0.25) is 0 Å². The molecule has 1 heterocycles. The Bertz CT molecular complexity index is 383. The standard InChI is InChI=1S/C14H23N3O/c1-16-8-9-17(11-12(15)7-10-18-2)14-6-4-3-5-13(14)16/h3-6,12H,7-11,15H2,1-2H3. The lowest BCUT2D eigenvalue weighted by Gasteiger charge is -2.38. The Morgan fingerprint density at radius 3 is 2.72 bits per heavy atom. The van der Waals surface area contributed by atoms with Gasteiger partial charge >= 0.3 is 0 Å². The Labute approximate surface area is 109 Å². The van der Waals surface area contributed by atoms with Crippen LogP contribution in [-0.4, -0.2) is 46.4 Å². The molecule has 0 aromatic heterocycles. The molecule has 1 aromatic carbocycles. The number of hydrogen-bond donors (Lipinski definition) is 1. The molecule has 0 aliphatic carbocycles. The Morgan fingerprint density at radius 1 is 1.28 bits per heavy atom. The smallest absolute Gasteiger partial charge is 0.0605 e. The number of likely N-dealkylation sites (N-methyl/N-ethyl adjacent to an activating group) is 1. The molecule has 18 heavy (non-hydrogen) atoms. The van der Waals surface area contributed by atoms with E-state index in [9.17, 15) is 0 Å². The molecule has 0 radical (unpaired) electrons. The number of benzene rings is 1. The van der Waals surface area contributed by atoms with E-state index in [2.05, 4.69) is 41.1 Å². The fourth-order valence-corrected chi connectivity index (χ4v) is 2.40. The van der Waals surface area contributed by atoms with Crippen molar-refractivity contribution in [2.75, 3.05) is 50.2 Å². The number of para-hydroxylation sites is 2. The summed E-state index contributed by atoms with van der Waals surface area (Å²) in [5.41, 5.74) is 8.73. The molecule has 0 fully saturated rings. The molecular weight excluding hydrogens is 226 g/mol. The van der Waals surface area contributed by atoms with Crippen molar-refractivity contribution in [2.24, 2.45) is 5.73 Å². The van der Waals surface area contributed by atoms with Gasteiger partial charge in [-0.05, 0) is 18.6 Å². The zero-order valence-corrected chi connectivity index (χ0v) is 11.3. The summed E-state index contributed by atoms with van der Waals surface area (Å²) in [5, 5.41) is 0. The maximum Gasteiger partial charge on any atom is 0.0605 e. The van der Waals surface area contributed by atoms with E-state index in [0.717, 1.165) is 32.7 Å². The van der Waals surface area contributed by atoms with Crippen LogP contribution in [0.15, 0.2) is 24.3 Å². The number of rotatable bonds is 5. The maximum atomic E-state index is 6.15. The van der Waals surface area contributed by atoms with Crippen molar-refractivity contribution in [2.45, 2.75) is 12.5 Å². The number of anilines is 2.